The van der Waals surface area contributed by atoms with Gasteiger partial charge >= 0.3 is 0 Å². The molecule has 2 nitrogen and oxygen atoms in total. The van der Waals surface area contributed by atoms with Crippen molar-refractivity contribution in [3.63, 3.8) is 0 Å². The van der Waals surface area contributed by atoms with Crippen molar-refractivity contribution in [3.8, 4) is 0 Å². The van der Waals surface area contributed by atoms with Crippen molar-refractivity contribution in [3.05, 3.63) is 131 Å². The molecule has 1 saturated carbocycles. The Labute approximate surface area is 281 Å². The number of nitrogens with zero attached hydrogens (tertiary/aromatic N) is 2. The molecule has 0 spiro atoms. The van der Waals surface area contributed by atoms with Gasteiger partial charge in [-0.15, -0.1) is 18.5 Å². The smallest absolute Gasteiger partial charge is 0.0514 e. The third-order valence-corrected chi connectivity index (χ3v) is 11.3. The van der Waals surface area contributed by atoms with Crippen LogP contribution in [0.15, 0.2) is 109 Å². The number of benzene rings is 3. The van der Waals surface area contributed by atoms with E-state index in [0.717, 1.165) is 31.3 Å². The Hall–Kier alpha value is -3.18. The lowest BCUT2D eigenvalue weighted by atomic mass is 9.91. The van der Waals surface area contributed by atoms with E-state index >= 15 is 0 Å². The lowest BCUT2D eigenvalue weighted by Crippen LogP contribution is -2.33. The molecule has 7 rings (SSSR count). The van der Waals surface area contributed by atoms with Crippen LogP contribution in [-0.2, 0) is 25.7 Å². The average Bonchev–Trinajstić information content (AvgIpc) is 3.13. The average molecular weight is 643 g/mol. The number of aryl methyl sites for hydroxylation is 4. The summed E-state index contributed by atoms with van der Waals surface area (Å²) >= 11 is 0. The van der Waals surface area contributed by atoms with Crippen LogP contribution in [0.3, 0.4) is 0 Å². The summed E-state index contributed by atoms with van der Waals surface area (Å²) in [7, 11) is 5.95. The maximum absolute atomic E-state index is 3.14. The predicted molar refractivity (Wildman–Crippen MR) is 206 cm³/mol. The fraction of sp³-hybridized carbons (Fsp3) is 0.333. The summed E-state index contributed by atoms with van der Waals surface area (Å²) in [6.45, 7) is 0. The van der Waals surface area contributed by atoms with Gasteiger partial charge in [0.15, 0.2) is 0 Å². The first kappa shape index (κ1) is 31.4. The standard InChI is InChI=1S/C42H48N2P2/c45-37-21-6-3-17-35(18-4-7-22-37)43-40-26-10-2-14-32(40)27-28-34-29-33-16-11-15-31-13-1-9-25-39(31)44(41(33)30-42(34)43)36-19-5-8-23-38(46)24-12-20-36/h1-4,6-7,9-10,13-14,17-18,21-22,25-26,29-30,36,38H,5,8,11-12,15-16,19-20,23-24,27-28,45-46H2. The van der Waals surface area contributed by atoms with Crippen LogP contribution < -0.4 is 15.1 Å². The van der Waals surface area contributed by atoms with E-state index in [2.05, 4.69) is 137 Å². The summed E-state index contributed by atoms with van der Waals surface area (Å²) in [5, 5.41) is 1.17. The Morgan fingerprint density at radius 1 is 0.478 bits per heavy atom. The Morgan fingerprint density at radius 3 is 1.85 bits per heavy atom. The van der Waals surface area contributed by atoms with Crippen LogP contribution in [0.2, 0.25) is 0 Å². The van der Waals surface area contributed by atoms with Crippen LogP contribution in [0.5, 0.6) is 0 Å². The molecule has 4 heteroatoms. The van der Waals surface area contributed by atoms with Crippen LogP contribution in [0.25, 0.3) is 0 Å². The van der Waals surface area contributed by atoms with Crippen LogP contribution >= 0.6 is 18.5 Å². The van der Waals surface area contributed by atoms with E-state index in [4.69, 9.17) is 0 Å². The first-order valence-electron chi connectivity index (χ1n) is 17.5. The van der Waals surface area contributed by atoms with Crippen molar-refractivity contribution in [2.75, 3.05) is 9.80 Å². The zero-order valence-electron chi connectivity index (χ0n) is 27.1. The van der Waals surface area contributed by atoms with Gasteiger partial charge in [0.05, 0.1) is 5.69 Å². The van der Waals surface area contributed by atoms with E-state index in [-0.39, 0.29) is 0 Å². The quantitative estimate of drug-likeness (QED) is 0.201. The normalized spacial score (nSPS) is 19.7. The molecule has 236 valence electrons. The Balaban J connectivity index is 1.44. The Kier molecular flexibility index (Phi) is 10.0. The van der Waals surface area contributed by atoms with Crippen molar-refractivity contribution in [1.82, 2.24) is 0 Å². The minimum absolute atomic E-state index is 0.506. The first-order chi connectivity index (χ1) is 22.7. The highest BCUT2D eigenvalue weighted by molar-refractivity contribution is 7.27. The Morgan fingerprint density at radius 2 is 1.04 bits per heavy atom. The fourth-order valence-corrected chi connectivity index (χ4v) is 8.62. The third kappa shape index (κ3) is 6.90. The maximum atomic E-state index is 3.14. The molecule has 4 atom stereocenters. The van der Waals surface area contributed by atoms with Gasteiger partial charge in [0.1, 0.15) is 0 Å². The van der Waals surface area contributed by atoms with Gasteiger partial charge in [0, 0.05) is 28.8 Å². The topological polar surface area (TPSA) is 6.48 Å². The molecule has 0 radical (unpaired) electrons. The van der Waals surface area contributed by atoms with E-state index in [1.165, 1.54) is 107 Å². The Bertz CT molecular complexity index is 1700. The number of hydrogen-bond donors (Lipinski definition) is 0. The molecule has 4 unspecified atom stereocenters. The minimum Gasteiger partial charge on any atom is -0.338 e. The highest BCUT2D eigenvalue weighted by Gasteiger charge is 2.30. The number of anilines is 5. The van der Waals surface area contributed by atoms with Crippen molar-refractivity contribution >= 4 is 52.2 Å². The van der Waals surface area contributed by atoms with Gasteiger partial charge in [-0.05, 0) is 121 Å². The second-order valence-corrected chi connectivity index (χ2v) is 15.0. The second-order valence-electron chi connectivity index (χ2n) is 13.4. The molecular weight excluding hydrogens is 594 g/mol. The summed E-state index contributed by atoms with van der Waals surface area (Å²) in [5.74, 6) is 0. The summed E-state index contributed by atoms with van der Waals surface area (Å²) < 4.78 is 0. The summed E-state index contributed by atoms with van der Waals surface area (Å²) in [5.41, 5.74) is 13.3. The van der Waals surface area contributed by atoms with E-state index in [0.29, 0.717) is 6.04 Å². The van der Waals surface area contributed by atoms with Crippen LogP contribution in [0.1, 0.15) is 73.6 Å². The molecule has 4 aromatic rings. The van der Waals surface area contributed by atoms with Crippen molar-refractivity contribution in [2.45, 2.75) is 88.8 Å². The van der Waals surface area contributed by atoms with Gasteiger partial charge in [-0.2, -0.15) is 0 Å². The van der Waals surface area contributed by atoms with Gasteiger partial charge in [0.25, 0.3) is 0 Å². The molecule has 1 fully saturated rings. The lowest BCUT2D eigenvalue weighted by Gasteiger charge is -2.39. The summed E-state index contributed by atoms with van der Waals surface area (Å²) in [4.78, 5) is 5.36. The zero-order valence-corrected chi connectivity index (χ0v) is 29.4. The van der Waals surface area contributed by atoms with Crippen LogP contribution in [-0.4, -0.2) is 11.7 Å². The monoisotopic (exact) mass is 642 g/mol. The number of rotatable bonds is 2. The minimum atomic E-state index is 0.506. The highest BCUT2D eigenvalue weighted by Crippen LogP contribution is 2.47. The molecule has 4 aromatic carbocycles. The van der Waals surface area contributed by atoms with Crippen molar-refractivity contribution in [1.29, 1.82) is 0 Å². The van der Waals surface area contributed by atoms with E-state index in [1.54, 1.807) is 0 Å². The number of hydrogen-bond acceptors (Lipinski definition) is 2. The second kappa shape index (κ2) is 14.7. The zero-order chi connectivity index (χ0) is 31.3. The SMILES string of the molecule is Pc1ccccc(N2c3ccccc3CCc3cc4c(cc32)N(C2CCCCC(P)CCC2)c2ccccc2CCC4)cccc1. The third-order valence-electron chi connectivity index (χ3n) is 10.3. The van der Waals surface area contributed by atoms with Crippen LogP contribution in [0, 0.1) is 0 Å². The molecule has 0 amide bonds. The van der Waals surface area contributed by atoms with Crippen LogP contribution in [0.4, 0.5) is 28.4 Å². The van der Waals surface area contributed by atoms with Crippen molar-refractivity contribution in [2.24, 2.45) is 0 Å². The highest BCUT2D eigenvalue weighted by atomic mass is 31.0. The van der Waals surface area contributed by atoms with Gasteiger partial charge < -0.3 is 9.80 Å². The molecule has 2 aliphatic heterocycles. The largest absolute Gasteiger partial charge is 0.338 e. The molecular formula is C42H48N2P2. The predicted octanol–water partition coefficient (Wildman–Crippen LogP) is 10.9. The van der Waals surface area contributed by atoms with Crippen molar-refractivity contribution < 1.29 is 0 Å². The van der Waals surface area contributed by atoms with E-state index < -0.39 is 0 Å². The summed E-state index contributed by atoms with van der Waals surface area (Å²) in [6, 6.07) is 41.5. The van der Waals surface area contributed by atoms with E-state index in [1.807, 2.05) is 0 Å². The molecule has 0 bridgehead atoms. The number of para-hydroxylation sites is 2. The molecule has 2 heterocycles. The summed E-state index contributed by atoms with van der Waals surface area (Å²) in [6.07, 6.45) is 14.6. The molecule has 1 aliphatic carbocycles. The fourth-order valence-electron chi connectivity index (χ4n) is 7.92. The molecule has 3 aliphatic rings. The molecule has 0 aromatic heterocycles. The first-order valence-corrected chi connectivity index (χ1v) is 18.8. The molecule has 0 saturated heterocycles. The maximum Gasteiger partial charge on any atom is 0.0514 e. The molecule has 46 heavy (non-hydrogen) atoms. The molecule has 0 N–H and O–H groups in total. The van der Waals surface area contributed by atoms with Gasteiger partial charge in [-0.25, -0.2) is 0 Å². The van der Waals surface area contributed by atoms with Gasteiger partial charge in [-0.1, -0.05) is 98.1 Å². The van der Waals surface area contributed by atoms with Gasteiger partial charge in [-0.3, -0.25) is 0 Å². The number of fused-ring (bicyclic) bond motifs is 4. The van der Waals surface area contributed by atoms with E-state index in [9.17, 15) is 0 Å². The lowest BCUT2D eigenvalue weighted by molar-refractivity contribution is 0.520. The van der Waals surface area contributed by atoms with Gasteiger partial charge in [0.2, 0.25) is 0 Å².